The van der Waals surface area contributed by atoms with E-state index >= 15 is 0 Å². The van der Waals surface area contributed by atoms with E-state index in [0.717, 1.165) is 48.9 Å². The molecule has 0 spiro atoms. The van der Waals surface area contributed by atoms with E-state index in [-0.39, 0.29) is 5.41 Å². The molecule has 2 N–H and O–H groups in total. The van der Waals surface area contributed by atoms with Crippen LogP contribution in [-0.4, -0.2) is 40.8 Å². The topological polar surface area (TPSA) is 67.2 Å². The van der Waals surface area contributed by atoms with Crippen LogP contribution in [0.3, 0.4) is 0 Å². The van der Waals surface area contributed by atoms with Gasteiger partial charge in [0.15, 0.2) is 5.82 Å². The predicted octanol–water partition coefficient (Wildman–Crippen LogP) is 5.95. The number of rotatable bonds is 7. The molecule has 0 unspecified atom stereocenters. The van der Waals surface area contributed by atoms with Gasteiger partial charge in [-0.2, -0.15) is 4.98 Å². The first kappa shape index (κ1) is 24.9. The quantitative estimate of drug-likeness (QED) is 0.256. The van der Waals surface area contributed by atoms with Crippen molar-refractivity contribution in [3.63, 3.8) is 0 Å². The molecule has 6 rings (SSSR count). The van der Waals surface area contributed by atoms with E-state index in [2.05, 4.69) is 107 Å². The van der Waals surface area contributed by atoms with Crippen LogP contribution in [0.2, 0.25) is 0 Å². The lowest BCUT2D eigenvalue weighted by atomic mass is 9.87. The predicted molar refractivity (Wildman–Crippen MR) is 157 cm³/mol. The van der Waals surface area contributed by atoms with Gasteiger partial charge in [-0.3, -0.25) is 5.43 Å². The number of benzene rings is 2. The number of hydrazine groups is 1. The number of anilines is 2. The zero-order chi connectivity index (χ0) is 26.1. The average Bonchev–Trinajstić information content (AvgIpc) is 3.54. The van der Waals surface area contributed by atoms with Crippen LogP contribution in [-0.2, 0) is 23.2 Å². The van der Waals surface area contributed by atoms with Gasteiger partial charge in [-0.1, -0.05) is 63.2 Å². The molecule has 38 heavy (non-hydrogen) atoms. The fraction of sp³-hybridized carbons (Fsp3) is 0.333. The molecule has 1 fully saturated rings. The highest BCUT2D eigenvalue weighted by molar-refractivity contribution is 7.17. The highest BCUT2D eigenvalue weighted by atomic mass is 32.1. The van der Waals surface area contributed by atoms with Crippen molar-refractivity contribution >= 4 is 44.2 Å². The lowest BCUT2D eigenvalue weighted by Crippen LogP contribution is -2.37. The summed E-state index contributed by atoms with van der Waals surface area (Å²) in [5, 5.41) is 3.32. The minimum atomic E-state index is 0.158. The van der Waals surface area contributed by atoms with E-state index in [1.54, 1.807) is 11.3 Å². The fourth-order valence-electron chi connectivity index (χ4n) is 5.01. The first-order chi connectivity index (χ1) is 18.5. The lowest BCUT2D eigenvalue weighted by Gasteiger charge is -2.28. The molecule has 0 atom stereocenters. The van der Waals surface area contributed by atoms with Crippen LogP contribution in [0, 0.1) is 0 Å². The van der Waals surface area contributed by atoms with Crippen molar-refractivity contribution in [2.75, 3.05) is 36.6 Å². The number of hydrogen-bond donors (Lipinski definition) is 2. The SMILES string of the molecule is CC(C)(C)c1ccc(Cn2cc(CNNc3nc(N4CCOCC4)c4sccc4n3)c3ccccc32)cc1. The fourth-order valence-corrected chi connectivity index (χ4v) is 5.86. The molecule has 0 saturated carbocycles. The number of aromatic nitrogens is 3. The van der Waals surface area contributed by atoms with E-state index in [9.17, 15) is 0 Å². The maximum absolute atomic E-state index is 5.54. The molecule has 0 amide bonds. The number of para-hydroxylation sites is 1. The van der Waals surface area contributed by atoms with E-state index < -0.39 is 0 Å². The summed E-state index contributed by atoms with van der Waals surface area (Å²) in [6, 6.07) is 19.6. The van der Waals surface area contributed by atoms with Crippen LogP contribution < -0.4 is 15.8 Å². The molecular weight excluding hydrogens is 492 g/mol. The molecule has 0 radical (unpaired) electrons. The Balaban J connectivity index is 1.19. The average molecular weight is 527 g/mol. The number of nitrogens with one attached hydrogen (secondary N) is 2. The molecule has 4 heterocycles. The molecule has 1 aliphatic rings. The van der Waals surface area contributed by atoms with Crippen molar-refractivity contribution in [1.29, 1.82) is 0 Å². The minimum absolute atomic E-state index is 0.158. The second-order valence-corrected chi connectivity index (χ2v) is 11.7. The summed E-state index contributed by atoms with van der Waals surface area (Å²) in [6.07, 6.45) is 2.25. The van der Waals surface area contributed by atoms with Gasteiger partial charge in [-0.25, -0.2) is 10.4 Å². The van der Waals surface area contributed by atoms with Gasteiger partial charge in [0.05, 0.1) is 23.4 Å². The maximum Gasteiger partial charge on any atom is 0.239 e. The number of morpholine rings is 1. The van der Waals surface area contributed by atoms with Crippen LogP contribution in [0.5, 0.6) is 0 Å². The Hall–Kier alpha value is -3.46. The van der Waals surface area contributed by atoms with E-state index in [1.165, 1.54) is 27.6 Å². The van der Waals surface area contributed by atoms with Gasteiger partial charge in [-0.15, -0.1) is 11.3 Å². The van der Waals surface area contributed by atoms with Gasteiger partial charge in [-0.05, 0) is 39.6 Å². The molecule has 0 aliphatic carbocycles. The third kappa shape index (κ3) is 5.12. The van der Waals surface area contributed by atoms with Gasteiger partial charge in [0.25, 0.3) is 0 Å². The maximum atomic E-state index is 5.54. The summed E-state index contributed by atoms with van der Waals surface area (Å²) in [5.74, 6) is 1.56. The number of nitrogens with zero attached hydrogens (tertiary/aromatic N) is 4. The number of fused-ring (bicyclic) bond motifs is 2. The van der Waals surface area contributed by atoms with Gasteiger partial charge in [0.2, 0.25) is 5.95 Å². The summed E-state index contributed by atoms with van der Waals surface area (Å²) in [7, 11) is 0. The van der Waals surface area contributed by atoms with Gasteiger partial charge >= 0.3 is 0 Å². The van der Waals surface area contributed by atoms with Crippen molar-refractivity contribution < 1.29 is 4.74 Å². The van der Waals surface area contributed by atoms with Crippen LogP contribution >= 0.6 is 11.3 Å². The second-order valence-electron chi connectivity index (χ2n) is 10.8. The number of ether oxygens (including phenoxy) is 1. The standard InChI is InChI=1S/C30H34N6OS/c1-30(2,3)23-10-8-21(9-11-23)19-36-20-22(24-6-4-5-7-26(24)36)18-31-34-29-32-25-12-17-38-27(25)28(33-29)35-13-15-37-16-14-35/h4-12,17,20,31H,13-16,18-19H2,1-3H3,(H,32,33,34). The first-order valence-electron chi connectivity index (χ1n) is 13.2. The zero-order valence-electron chi connectivity index (χ0n) is 22.2. The van der Waals surface area contributed by atoms with Crippen molar-refractivity contribution in [2.45, 2.75) is 39.3 Å². The highest BCUT2D eigenvalue weighted by Gasteiger charge is 2.18. The summed E-state index contributed by atoms with van der Waals surface area (Å²) in [5.41, 5.74) is 12.9. The monoisotopic (exact) mass is 526 g/mol. The smallest absolute Gasteiger partial charge is 0.239 e. The Labute approximate surface area is 227 Å². The zero-order valence-corrected chi connectivity index (χ0v) is 23.0. The highest BCUT2D eigenvalue weighted by Crippen LogP contribution is 2.30. The summed E-state index contributed by atoms with van der Waals surface area (Å²) in [4.78, 5) is 11.9. The van der Waals surface area contributed by atoms with Crippen LogP contribution in [0.25, 0.3) is 21.1 Å². The summed E-state index contributed by atoms with van der Waals surface area (Å²) >= 11 is 1.69. The Bertz CT molecular complexity index is 1540. The number of thiophene rings is 1. The molecule has 0 bridgehead atoms. The second kappa shape index (κ2) is 10.4. The van der Waals surface area contributed by atoms with Crippen LogP contribution in [0.1, 0.15) is 37.5 Å². The Morgan fingerprint density at radius 1 is 0.974 bits per heavy atom. The molecule has 2 aromatic carbocycles. The largest absolute Gasteiger partial charge is 0.378 e. The summed E-state index contributed by atoms with van der Waals surface area (Å²) in [6.45, 7) is 11.4. The van der Waals surface area contributed by atoms with Gasteiger partial charge < -0.3 is 14.2 Å². The van der Waals surface area contributed by atoms with E-state index in [0.29, 0.717) is 12.5 Å². The molecule has 3 aromatic heterocycles. The van der Waals surface area contributed by atoms with Gasteiger partial charge in [0, 0.05) is 43.3 Å². The van der Waals surface area contributed by atoms with Crippen molar-refractivity contribution in [3.8, 4) is 0 Å². The van der Waals surface area contributed by atoms with Crippen molar-refractivity contribution in [2.24, 2.45) is 0 Å². The Morgan fingerprint density at radius 3 is 2.55 bits per heavy atom. The van der Waals surface area contributed by atoms with E-state index in [4.69, 9.17) is 14.7 Å². The molecule has 7 nitrogen and oxygen atoms in total. The number of hydrogen-bond acceptors (Lipinski definition) is 7. The Kier molecular flexibility index (Phi) is 6.78. The molecule has 196 valence electrons. The molecule has 5 aromatic rings. The third-order valence-corrected chi connectivity index (χ3v) is 8.02. The minimum Gasteiger partial charge on any atom is -0.378 e. The van der Waals surface area contributed by atoms with Crippen LogP contribution in [0.15, 0.2) is 66.2 Å². The van der Waals surface area contributed by atoms with Gasteiger partial charge in [0.1, 0.15) is 0 Å². The Morgan fingerprint density at radius 2 is 1.76 bits per heavy atom. The lowest BCUT2D eigenvalue weighted by molar-refractivity contribution is 0.122. The third-order valence-electron chi connectivity index (χ3n) is 7.12. The molecular formula is C30H34N6OS. The first-order valence-corrected chi connectivity index (χ1v) is 14.1. The van der Waals surface area contributed by atoms with E-state index in [1.807, 2.05) is 0 Å². The normalized spacial score (nSPS) is 14.4. The molecule has 8 heteroatoms. The molecule has 1 aliphatic heterocycles. The van der Waals surface area contributed by atoms with Crippen LogP contribution in [0.4, 0.5) is 11.8 Å². The van der Waals surface area contributed by atoms with Crippen molar-refractivity contribution in [3.05, 3.63) is 82.9 Å². The molecule has 1 saturated heterocycles. The van der Waals surface area contributed by atoms with Crippen molar-refractivity contribution in [1.82, 2.24) is 20.0 Å². The summed E-state index contributed by atoms with van der Waals surface area (Å²) < 4.78 is 9.00.